The first kappa shape index (κ1) is 18.0. The number of nitriles is 1. The summed E-state index contributed by atoms with van der Waals surface area (Å²) >= 11 is 3.33. The van der Waals surface area contributed by atoms with Gasteiger partial charge in [-0.3, -0.25) is 0 Å². The van der Waals surface area contributed by atoms with Gasteiger partial charge in [-0.2, -0.15) is 18.4 Å². The number of benzene rings is 2. The van der Waals surface area contributed by atoms with E-state index in [0.29, 0.717) is 28.2 Å². The molecule has 0 unspecified atom stereocenters. The van der Waals surface area contributed by atoms with Crippen molar-refractivity contribution in [1.82, 2.24) is 0 Å². The van der Waals surface area contributed by atoms with Gasteiger partial charge in [0, 0.05) is 10.0 Å². The highest BCUT2D eigenvalue weighted by Gasteiger charge is 2.30. The summed E-state index contributed by atoms with van der Waals surface area (Å²) < 4.78 is 45.0. The van der Waals surface area contributed by atoms with E-state index in [-0.39, 0.29) is 0 Å². The summed E-state index contributed by atoms with van der Waals surface area (Å²) in [5, 5.41) is 9.36. The normalized spacial score (nSPS) is 12.0. The fourth-order valence-corrected chi connectivity index (χ4v) is 2.65. The number of halogens is 4. The van der Waals surface area contributed by atoms with E-state index in [4.69, 9.17) is 4.42 Å². The lowest BCUT2D eigenvalue weighted by molar-refractivity contribution is -0.137. The monoisotopic (exact) mass is 417 g/mol. The van der Waals surface area contributed by atoms with Crippen molar-refractivity contribution in [3.63, 3.8) is 0 Å². The number of hydrogen-bond donors (Lipinski definition) is 0. The number of nitrogens with zero attached hydrogens (tertiary/aromatic N) is 1. The van der Waals surface area contributed by atoms with Gasteiger partial charge >= 0.3 is 6.18 Å². The highest BCUT2D eigenvalue weighted by Crippen LogP contribution is 2.33. The summed E-state index contributed by atoms with van der Waals surface area (Å²) in [6.07, 6.45) is -2.86. The van der Waals surface area contributed by atoms with Crippen molar-refractivity contribution in [2.45, 2.75) is 6.18 Å². The van der Waals surface area contributed by atoms with Gasteiger partial charge < -0.3 is 4.42 Å². The van der Waals surface area contributed by atoms with E-state index >= 15 is 0 Å². The number of alkyl halides is 3. The summed E-state index contributed by atoms with van der Waals surface area (Å²) in [6.45, 7) is 0. The lowest BCUT2D eigenvalue weighted by atomic mass is 10.1. The molecule has 1 aromatic heterocycles. The van der Waals surface area contributed by atoms with Crippen LogP contribution in [0.2, 0.25) is 0 Å². The third-order valence-electron chi connectivity index (χ3n) is 3.66. The Labute approximate surface area is 156 Å². The Bertz CT molecular complexity index is 995. The second kappa shape index (κ2) is 7.22. The zero-order valence-electron chi connectivity index (χ0n) is 13.2. The van der Waals surface area contributed by atoms with Gasteiger partial charge in [0.05, 0.1) is 17.2 Å². The summed E-state index contributed by atoms with van der Waals surface area (Å²) in [5.41, 5.74) is 0.688. The molecule has 0 amide bonds. The third kappa shape index (κ3) is 4.06. The Balaban J connectivity index is 1.92. The topological polar surface area (TPSA) is 36.9 Å². The van der Waals surface area contributed by atoms with E-state index in [9.17, 15) is 18.4 Å². The van der Waals surface area contributed by atoms with Gasteiger partial charge in [0.15, 0.2) is 0 Å². The van der Waals surface area contributed by atoms with E-state index in [1.54, 1.807) is 36.4 Å². The van der Waals surface area contributed by atoms with Crippen molar-refractivity contribution >= 4 is 27.6 Å². The van der Waals surface area contributed by atoms with Crippen molar-refractivity contribution in [1.29, 1.82) is 5.26 Å². The maximum atomic E-state index is 12.8. The number of rotatable bonds is 3. The van der Waals surface area contributed by atoms with Crippen molar-refractivity contribution in [2.24, 2.45) is 0 Å². The van der Waals surface area contributed by atoms with Crippen LogP contribution in [-0.2, 0) is 6.18 Å². The summed E-state index contributed by atoms with van der Waals surface area (Å²) in [6, 6.07) is 17.4. The van der Waals surface area contributed by atoms with Crippen LogP contribution >= 0.6 is 15.9 Å². The van der Waals surface area contributed by atoms with Crippen molar-refractivity contribution < 1.29 is 17.6 Å². The molecular weight excluding hydrogens is 407 g/mol. The van der Waals surface area contributed by atoms with Crippen LogP contribution in [0.15, 0.2) is 69.6 Å². The minimum Gasteiger partial charge on any atom is -0.457 e. The molecule has 2 aromatic carbocycles. The molecule has 0 atom stereocenters. The Morgan fingerprint density at radius 2 is 1.77 bits per heavy atom. The zero-order chi connectivity index (χ0) is 18.7. The van der Waals surface area contributed by atoms with Crippen LogP contribution in [0.1, 0.15) is 16.9 Å². The van der Waals surface area contributed by atoms with Gasteiger partial charge in [0.25, 0.3) is 0 Å². The van der Waals surface area contributed by atoms with Crippen LogP contribution in [0.25, 0.3) is 23.0 Å². The van der Waals surface area contributed by atoms with Crippen LogP contribution in [0.4, 0.5) is 13.2 Å². The largest absolute Gasteiger partial charge is 0.457 e. The van der Waals surface area contributed by atoms with Crippen LogP contribution < -0.4 is 0 Å². The molecule has 0 spiro atoms. The SMILES string of the molecule is N#C/C(=C/c1ccc(-c2cccc(C(F)(F)F)c2)o1)c1ccc(Br)cc1. The molecule has 6 heteroatoms. The maximum absolute atomic E-state index is 12.8. The van der Waals surface area contributed by atoms with E-state index in [2.05, 4.69) is 22.0 Å². The summed E-state index contributed by atoms with van der Waals surface area (Å²) in [5.74, 6) is 0.687. The highest BCUT2D eigenvalue weighted by atomic mass is 79.9. The second-order valence-electron chi connectivity index (χ2n) is 5.46. The number of furan rings is 1. The highest BCUT2D eigenvalue weighted by molar-refractivity contribution is 9.10. The quantitative estimate of drug-likeness (QED) is 0.439. The van der Waals surface area contributed by atoms with Crippen molar-refractivity contribution in [3.05, 3.63) is 82.0 Å². The first-order chi connectivity index (χ1) is 12.4. The first-order valence-electron chi connectivity index (χ1n) is 7.52. The lowest BCUT2D eigenvalue weighted by Crippen LogP contribution is -2.04. The van der Waals surface area contributed by atoms with Gasteiger partial charge in [-0.25, -0.2) is 0 Å². The van der Waals surface area contributed by atoms with Crippen molar-refractivity contribution in [3.8, 4) is 17.4 Å². The second-order valence-corrected chi connectivity index (χ2v) is 6.37. The molecule has 0 N–H and O–H groups in total. The molecule has 26 heavy (non-hydrogen) atoms. The third-order valence-corrected chi connectivity index (χ3v) is 4.19. The van der Waals surface area contributed by atoms with E-state index in [0.717, 1.165) is 16.6 Å². The molecule has 0 aliphatic rings. The average molecular weight is 418 g/mol. The lowest BCUT2D eigenvalue weighted by Gasteiger charge is -2.07. The average Bonchev–Trinajstić information content (AvgIpc) is 3.09. The van der Waals surface area contributed by atoms with Gasteiger partial charge in [-0.1, -0.05) is 40.2 Å². The van der Waals surface area contributed by atoms with Gasteiger partial charge in [-0.15, -0.1) is 0 Å². The Morgan fingerprint density at radius 3 is 2.42 bits per heavy atom. The van der Waals surface area contributed by atoms with E-state index in [1.807, 2.05) is 12.1 Å². The predicted molar refractivity (Wildman–Crippen MR) is 96.8 cm³/mol. The van der Waals surface area contributed by atoms with Gasteiger partial charge in [0.2, 0.25) is 0 Å². The molecular formula is C20H11BrF3NO. The Kier molecular flexibility index (Phi) is 5.01. The summed E-state index contributed by atoms with van der Waals surface area (Å²) in [7, 11) is 0. The minimum atomic E-state index is -4.42. The van der Waals surface area contributed by atoms with Crippen LogP contribution in [0.3, 0.4) is 0 Å². The molecule has 0 aliphatic carbocycles. The van der Waals surface area contributed by atoms with Crippen molar-refractivity contribution in [2.75, 3.05) is 0 Å². The fraction of sp³-hybridized carbons (Fsp3) is 0.0500. The molecule has 1 heterocycles. The molecule has 3 rings (SSSR count). The molecule has 130 valence electrons. The molecule has 0 radical (unpaired) electrons. The molecule has 0 aliphatic heterocycles. The molecule has 0 fully saturated rings. The van der Waals surface area contributed by atoms with E-state index < -0.39 is 11.7 Å². The number of allylic oxidation sites excluding steroid dienone is 1. The molecule has 0 saturated heterocycles. The maximum Gasteiger partial charge on any atom is 0.416 e. The van der Waals surface area contributed by atoms with Crippen LogP contribution in [-0.4, -0.2) is 0 Å². The molecule has 0 saturated carbocycles. The first-order valence-corrected chi connectivity index (χ1v) is 8.31. The van der Waals surface area contributed by atoms with E-state index in [1.165, 1.54) is 6.07 Å². The fourth-order valence-electron chi connectivity index (χ4n) is 2.39. The summed E-state index contributed by atoms with van der Waals surface area (Å²) in [4.78, 5) is 0. The minimum absolute atomic E-state index is 0.301. The Hall–Kier alpha value is -2.78. The van der Waals surface area contributed by atoms with Gasteiger partial charge in [0.1, 0.15) is 11.5 Å². The standard InChI is InChI=1S/C20H11BrF3NO/c21-17-6-4-13(5-7-17)15(12-25)11-18-8-9-19(26-18)14-2-1-3-16(10-14)20(22,23)24/h1-11H/b15-11-. The number of hydrogen-bond acceptors (Lipinski definition) is 2. The smallest absolute Gasteiger partial charge is 0.416 e. The van der Waals surface area contributed by atoms with Gasteiger partial charge in [-0.05, 0) is 48.0 Å². The van der Waals surface area contributed by atoms with Crippen LogP contribution in [0.5, 0.6) is 0 Å². The molecule has 2 nitrogen and oxygen atoms in total. The zero-order valence-corrected chi connectivity index (χ0v) is 14.8. The predicted octanol–water partition coefficient (Wildman–Crippen LogP) is 6.79. The molecule has 3 aromatic rings. The van der Waals surface area contributed by atoms with Crippen LogP contribution in [0, 0.1) is 11.3 Å². The molecule has 0 bridgehead atoms. The Morgan fingerprint density at radius 1 is 1.04 bits per heavy atom.